The molecule has 4 atom stereocenters. The summed E-state index contributed by atoms with van der Waals surface area (Å²) in [6.07, 6.45) is 2.14. The Balaban J connectivity index is 1.80. The van der Waals surface area contributed by atoms with E-state index in [1.54, 1.807) is 0 Å². The lowest BCUT2D eigenvalue weighted by Gasteiger charge is -2.25. The summed E-state index contributed by atoms with van der Waals surface area (Å²) in [6, 6.07) is 2.01. The maximum atomic E-state index is 14.8. The van der Waals surface area contributed by atoms with Gasteiger partial charge < -0.3 is 20.8 Å². The molecule has 4 unspecified atom stereocenters. The Labute approximate surface area is 199 Å². The summed E-state index contributed by atoms with van der Waals surface area (Å²) in [5, 5.41) is 20.4. The van der Waals surface area contributed by atoms with Crippen molar-refractivity contribution in [1.29, 1.82) is 0 Å². The number of nitrogens with zero attached hydrogens (tertiary/aromatic N) is 3. The van der Waals surface area contributed by atoms with Gasteiger partial charge in [-0.05, 0) is 30.1 Å². The van der Waals surface area contributed by atoms with E-state index >= 15 is 0 Å². The van der Waals surface area contributed by atoms with Crippen LogP contribution in [-0.2, 0) is 0 Å². The van der Waals surface area contributed by atoms with Crippen molar-refractivity contribution in [3.05, 3.63) is 50.8 Å². The van der Waals surface area contributed by atoms with E-state index in [9.17, 15) is 28.6 Å². The van der Waals surface area contributed by atoms with Gasteiger partial charge in [0.25, 0.3) is 0 Å². The lowest BCUT2D eigenvalue weighted by atomic mass is 10.00. The molecule has 34 heavy (non-hydrogen) atoms. The number of aromatic nitrogens is 2. The Hall–Kier alpha value is -2.81. The van der Waals surface area contributed by atoms with Gasteiger partial charge in [0.05, 0.1) is 22.3 Å². The largest absolute Gasteiger partial charge is 0.477 e. The molecule has 3 heterocycles. The molecule has 8 nitrogen and oxygen atoms in total. The van der Waals surface area contributed by atoms with Crippen LogP contribution >= 0.6 is 20.8 Å². The van der Waals surface area contributed by atoms with Gasteiger partial charge in [-0.25, -0.2) is 18.6 Å². The van der Waals surface area contributed by atoms with Crippen molar-refractivity contribution in [3.63, 3.8) is 0 Å². The molecule has 1 aromatic carbocycles. The standard InChI is InChI=1S/C22H20ClF2N4O4P/c23-16-17-9(3-15(34)18(16)28-5-8-1-2-14(30)10(8)6-28)19(31)11(22(32)33)7-29(17)21-13(25)4-12(24)20(26)27-21/h3-4,7-8,10,14,30H,1-2,5-6,34H2,(H2,26,27)(H,32,33). The highest BCUT2D eigenvalue weighted by Crippen LogP contribution is 2.43. The number of aliphatic hydroxyl groups is 1. The van der Waals surface area contributed by atoms with Gasteiger partial charge in [-0.1, -0.05) is 11.6 Å². The fourth-order valence-electron chi connectivity index (χ4n) is 5.15. The van der Waals surface area contributed by atoms with E-state index in [1.807, 2.05) is 4.90 Å². The summed E-state index contributed by atoms with van der Waals surface area (Å²) in [5.74, 6) is -4.43. The summed E-state index contributed by atoms with van der Waals surface area (Å²) in [4.78, 5) is 30.5. The molecular weight excluding hydrogens is 489 g/mol. The maximum Gasteiger partial charge on any atom is 0.341 e. The first-order chi connectivity index (χ1) is 16.1. The van der Waals surface area contributed by atoms with E-state index in [0.29, 0.717) is 36.1 Å². The molecule has 0 spiro atoms. The van der Waals surface area contributed by atoms with Crippen LogP contribution in [0.4, 0.5) is 20.3 Å². The number of benzene rings is 1. The lowest BCUT2D eigenvalue weighted by Crippen LogP contribution is -2.28. The molecule has 12 heteroatoms. The Morgan fingerprint density at radius 3 is 2.65 bits per heavy atom. The minimum absolute atomic E-state index is 0.0212. The van der Waals surface area contributed by atoms with Crippen LogP contribution in [0, 0.1) is 23.5 Å². The van der Waals surface area contributed by atoms with Gasteiger partial charge >= 0.3 is 5.97 Å². The first-order valence-corrected chi connectivity index (χ1v) is 11.5. The molecule has 5 rings (SSSR count). The molecule has 0 amide bonds. The summed E-state index contributed by atoms with van der Waals surface area (Å²) in [7, 11) is 2.50. The van der Waals surface area contributed by atoms with E-state index in [4.69, 9.17) is 17.3 Å². The van der Waals surface area contributed by atoms with Crippen molar-refractivity contribution in [1.82, 2.24) is 9.55 Å². The number of aromatic carboxylic acids is 1. The van der Waals surface area contributed by atoms with E-state index in [0.717, 1.165) is 23.6 Å². The van der Waals surface area contributed by atoms with Crippen LogP contribution in [0.5, 0.6) is 0 Å². The highest BCUT2D eigenvalue weighted by molar-refractivity contribution is 7.28. The van der Waals surface area contributed by atoms with Gasteiger partial charge in [0.15, 0.2) is 23.3 Å². The number of hydrogen-bond donors (Lipinski definition) is 3. The van der Waals surface area contributed by atoms with Gasteiger partial charge in [0.1, 0.15) is 5.56 Å². The summed E-state index contributed by atoms with van der Waals surface area (Å²) >= 11 is 6.82. The van der Waals surface area contributed by atoms with Crippen molar-refractivity contribution in [2.45, 2.75) is 18.9 Å². The average molecular weight is 509 g/mol. The molecule has 1 aliphatic carbocycles. The van der Waals surface area contributed by atoms with Gasteiger partial charge in [-0.2, -0.15) is 0 Å². The van der Waals surface area contributed by atoms with Crippen molar-refractivity contribution in [2.24, 2.45) is 11.8 Å². The number of aliphatic hydroxyl groups excluding tert-OH is 1. The zero-order valence-electron chi connectivity index (χ0n) is 17.6. The molecule has 2 fully saturated rings. The van der Waals surface area contributed by atoms with E-state index < -0.39 is 46.3 Å². The summed E-state index contributed by atoms with van der Waals surface area (Å²) in [6.45, 7) is 1.19. The molecule has 1 aliphatic heterocycles. The van der Waals surface area contributed by atoms with Gasteiger partial charge in [0.2, 0.25) is 5.43 Å². The number of nitrogen functional groups attached to an aromatic ring is 1. The molecule has 2 aromatic heterocycles. The first-order valence-electron chi connectivity index (χ1n) is 10.5. The number of fused-ring (bicyclic) bond motifs is 2. The Kier molecular flexibility index (Phi) is 5.50. The minimum Gasteiger partial charge on any atom is -0.477 e. The van der Waals surface area contributed by atoms with Crippen LogP contribution in [0.2, 0.25) is 5.02 Å². The molecule has 178 valence electrons. The van der Waals surface area contributed by atoms with Crippen LogP contribution in [0.3, 0.4) is 0 Å². The molecule has 4 N–H and O–H groups in total. The normalized spacial score (nSPS) is 21.9. The second kappa shape index (κ2) is 8.15. The Bertz CT molecular complexity index is 1430. The molecule has 0 bridgehead atoms. The second-order valence-electron chi connectivity index (χ2n) is 8.71. The predicted octanol–water partition coefficient (Wildman–Crippen LogP) is 2.31. The van der Waals surface area contributed by atoms with Crippen LogP contribution < -0.4 is 21.4 Å². The SMILES string of the molecule is Nc1nc(-n2cc(C(=O)O)c(=O)c3cc(P)c(N4CC5CCC(O)C5C4)c(Cl)c32)c(F)cc1F. The van der Waals surface area contributed by atoms with Crippen molar-refractivity contribution >= 4 is 54.5 Å². The monoisotopic (exact) mass is 508 g/mol. The van der Waals surface area contributed by atoms with Crippen LogP contribution in [-0.4, -0.2) is 44.9 Å². The van der Waals surface area contributed by atoms with Gasteiger partial charge in [0, 0.05) is 36.7 Å². The van der Waals surface area contributed by atoms with Gasteiger partial charge in [-0.15, -0.1) is 9.24 Å². The molecular formula is C22H20ClF2N4O4P. The highest BCUT2D eigenvalue weighted by Gasteiger charge is 2.43. The quantitative estimate of drug-likeness (QED) is 0.464. The fraction of sp³-hybridized carbons (Fsp3) is 0.318. The maximum absolute atomic E-state index is 14.8. The molecule has 2 aliphatic rings. The van der Waals surface area contributed by atoms with Gasteiger partial charge in [-0.3, -0.25) is 9.36 Å². The molecule has 1 saturated heterocycles. The van der Waals surface area contributed by atoms with E-state index in [2.05, 4.69) is 14.2 Å². The van der Waals surface area contributed by atoms with Crippen LogP contribution in [0.1, 0.15) is 23.2 Å². The van der Waals surface area contributed by atoms with Crippen molar-refractivity contribution in [2.75, 3.05) is 23.7 Å². The predicted molar refractivity (Wildman–Crippen MR) is 127 cm³/mol. The van der Waals surface area contributed by atoms with Crippen LogP contribution in [0.15, 0.2) is 23.1 Å². The zero-order valence-corrected chi connectivity index (χ0v) is 19.5. The lowest BCUT2D eigenvalue weighted by molar-refractivity contribution is 0.0695. The Morgan fingerprint density at radius 2 is 1.97 bits per heavy atom. The van der Waals surface area contributed by atoms with E-state index in [1.165, 1.54) is 6.07 Å². The summed E-state index contributed by atoms with van der Waals surface area (Å²) in [5.41, 5.74) is 4.69. The topological polar surface area (TPSA) is 122 Å². The number of carboxylic acids is 1. The number of carboxylic acid groups (broad SMARTS) is 1. The number of anilines is 2. The van der Waals surface area contributed by atoms with Crippen molar-refractivity contribution < 1.29 is 23.8 Å². The number of halogens is 3. The Morgan fingerprint density at radius 1 is 1.24 bits per heavy atom. The highest BCUT2D eigenvalue weighted by atomic mass is 35.5. The number of rotatable bonds is 3. The number of nitrogens with two attached hydrogens (primary N) is 1. The average Bonchev–Trinajstić information content (AvgIpc) is 3.33. The minimum atomic E-state index is -1.52. The number of carbonyl (C=O) groups is 1. The molecule has 0 radical (unpaired) electrons. The number of hydrogen-bond acceptors (Lipinski definition) is 6. The smallest absolute Gasteiger partial charge is 0.341 e. The zero-order chi connectivity index (χ0) is 24.5. The fourth-order valence-corrected chi connectivity index (χ4v) is 6.16. The van der Waals surface area contributed by atoms with E-state index in [-0.39, 0.29) is 21.8 Å². The first kappa shape index (κ1) is 23.0. The molecule has 1 saturated carbocycles. The summed E-state index contributed by atoms with van der Waals surface area (Å²) < 4.78 is 29.6. The third kappa shape index (κ3) is 3.43. The second-order valence-corrected chi connectivity index (χ2v) is 9.71. The third-order valence-corrected chi connectivity index (χ3v) is 7.56. The van der Waals surface area contributed by atoms with Crippen molar-refractivity contribution in [3.8, 4) is 5.82 Å². The number of pyridine rings is 2. The third-order valence-electron chi connectivity index (χ3n) is 6.76. The molecule has 3 aromatic rings. The van der Waals surface area contributed by atoms with Crippen LogP contribution in [0.25, 0.3) is 16.7 Å².